The van der Waals surface area contributed by atoms with Gasteiger partial charge in [-0.25, -0.2) is 0 Å². The molecule has 8 rings (SSSR count). The fraction of sp³-hybridized carbons (Fsp3) is 0.463. The van der Waals surface area contributed by atoms with E-state index in [-0.39, 0.29) is 36.5 Å². The van der Waals surface area contributed by atoms with E-state index in [1.807, 2.05) is 12.1 Å². The molecule has 1 saturated carbocycles. The first-order chi connectivity index (χ1) is 27.6. The number of benzene rings is 2. The van der Waals surface area contributed by atoms with Crippen molar-refractivity contribution in [3.05, 3.63) is 75.9 Å². The molecular formula is C41H44ClN9O6. The number of carbonyl (C=O) groups is 5. The molecule has 1 aromatic heterocycles. The third-order valence-corrected chi connectivity index (χ3v) is 12.2. The number of amides is 5. The average Bonchev–Trinajstić information content (AvgIpc) is 3.47. The smallest absolute Gasteiger partial charge is 0.272 e. The molecule has 16 heteroatoms. The number of hydrogen-bond acceptors (Lipinski definition) is 12. The summed E-state index contributed by atoms with van der Waals surface area (Å²) < 4.78 is 6.08. The van der Waals surface area contributed by atoms with Gasteiger partial charge in [-0.1, -0.05) is 11.6 Å². The third kappa shape index (κ3) is 8.29. The third-order valence-electron chi connectivity index (χ3n) is 11.9. The Bertz CT molecular complexity index is 2100. The Labute approximate surface area is 335 Å². The van der Waals surface area contributed by atoms with E-state index in [1.165, 1.54) is 0 Å². The molecule has 4 fully saturated rings. The second kappa shape index (κ2) is 16.5. The Morgan fingerprint density at radius 3 is 2.28 bits per heavy atom. The van der Waals surface area contributed by atoms with E-state index < -0.39 is 29.7 Å². The lowest BCUT2D eigenvalue weighted by molar-refractivity contribution is -0.136. The van der Waals surface area contributed by atoms with Gasteiger partial charge in [0.15, 0.2) is 11.5 Å². The zero-order valence-electron chi connectivity index (χ0n) is 31.5. The van der Waals surface area contributed by atoms with E-state index in [0.29, 0.717) is 33.5 Å². The number of halogens is 1. The van der Waals surface area contributed by atoms with E-state index >= 15 is 0 Å². The van der Waals surface area contributed by atoms with Crippen molar-refractivity contribution in [1.29, 1.82) is 5.26 Å². The first-order valence-corrected chi connectivity index (χ1v) is 20.1. The summed E-state index contributed by atoms with van der Waals surface area (Å²) in [7, 11) is 0. The van der Waals surface area contributed by atoms with Crippen molar-refractivity contribution in [2.75, 3.05) is 55.6 Å². The number of imide groups is 2. The van der Waals surface area contributed by atoms with Gasteiger partial charge in [0.1, 0.15) is 17.9 Å². The van der Waals surface area contributed by atoms with Crippen molar-refractivity contribution in [2.45, 2.75) is 69.6 Å². The standard InChI is InChI=1S/C41H44ClN9O6/c42-33-22-30(5-1-26(33)23-43)57-29-6-2-27(3-7-29)44-38(53)34-9-11-36(47-46-34)50-15-13-25(14-16-50)24-48-17-19-49(20-18-48)28-4-8-31-32(21-28)41(56)51(40(31)55)35-10-12-37(52)45-39(35)54/h1,4-5,8-9,11,21-22,25,27,29,35H,2-3,6-7,10,12-20,24H2,(H,44,53)(H,45,52,54). The Kier molecular flexibility index (Phi) is 11.1. The Hall–Kier alpha value is -5.59. The van der Waals surface area contributed by atoms with Crippen molar-refractivity contribution < 1.29 is 28.7 Å². The summed E-state index contributed by atoms with van der Waals surface area (Å²) in [6, 6.07) is 15.1. The number of anilines is 2. The van der Waals surface area contributed by atoms with E-state index in [9.17, 15) is 24.0 Å². The lowest BCUT2D eigenvalue weighted by Crippen LogP contribution is -2.54. The minimum Gasteiger partial charge on any atom is -0.490 e. The van der Waals surface area contributed by atoms with Crippen molar-refractivity contribution in [3.8, 4) is 11.8 Å². The minimum absolute atomic E-state index is 0.0183. The number of piperazine rings is 1. The fourth-order valence-corrected chi connectivity index (χ4v) is 8.82. The van der Waals surface area contributed by atoms with Gasteiger partial charge in [-0.2, -0.15) is 5.26 Å². The molecule has 3 aromatic rings. The number of nitriles is 1. The van der Waals surface area contributed by atoms with Crippen molar-refractivity contribution in [2.24, 2.45) is 5.92 Å². The molecule has 2 aromatic carbocycles. The highest BCUT2D eigenvalue weighted by Gasteiger charge is 2.45. The molecule has 57 heavy (non-hydrogen) atoms. The van der Waals surface area contributed by atoms with E-state index in [0.717, 1.165) is 101 Å². The van der Waals surface area contributed by atoms with Gasteiger partial charge >= 0.3 is 0 Å². The Morgan fingerprint density at radius 2 is 1.60 bits per heavy atom. The maximum atomic E-state index is 13.3. The maximum absolute atomic E-state index is 13.3. The van der Waals surface area contributed by atoms with Crippen LogP contribution in [0.5, 0.6) is 5.75 Å². The van der Waals surface area contributed by atoms with Gasteiger partial charge in [0.2, 0.25) is 11.8 Å². The molecule has 1 unspecified atom stereocenters. The molecule has 1 atom stereocenters. The highest BCUT2D eigenvalue weighted by Crippen LogP contribution is 2.32. The normalized spacial score (nSPS) is 23.2. The number of ether oxygens (including phenoxy) is 1. The van der Waals surface area contributed by atoms with Crippen LogP contribution in [0.1, 0.15) is 88.1 Å². The lowest BCUT2D eigenvalue weighted by atomic mass is 9.93. The predicted octanol–water partition coefficient (Wildman–Crippen LogP) is 3.56. The van der Waals surface area contributed by atoms with Crippen LogP contribution >= 0.6 is 11.6 Å². The molecule has 2 N–H and O–H groups in total. The van der Waals surface area contributed by atoms with Crippen LogP contribution < -0.4 is 25.2 Å². The van der Waals surface area contributed by atoms with E-state index in [4.69, 9.17) is 21.6 Å². The first kappa shape index (κ1) is 38.3. The number of hydrogen-bond donors (Lipinski definition) is 2. The number of carbonyl (C=O) groups excluding carboxylic acids is 5. The fourth-order valence-electron chi connectivity index (χ4n) is 8.61. The SMILES string of the molecule is N#Cc1ccc(OC2CCC(NC(=O)c3ccc(N4CCC(CN5CCN(c6ccc7c(c6)C(=O)N(C6CCC(=O)NC6=O)C7=O)CC5)CC4)nn3)CC2)cc1Cl. The quantitative estimate of drug-likeness (QED) is 0.301. The van der Waals surface area contributed by atoms with Gasteiger partial charge < -0.3 is 19.9 Å². The number of fused-ring (bicyclic) bond motifs is 1. The van der Waals surface area contributed by atoms with Gasteiger partial charge in [-0.05, 0) is 93.3 Å². The van der Waals surface area contributed by atoms with E-state index in [1.54, 1.807) is 36.4 Å². The molecule has 296 valence electrons. The minimum atomic E-state index is -0.977. The van der Waals surface area contributed by atoms with E-state index in [2.05, 4.69) is 41.6 Å². The summed E-state index contributed by atoms with van der Waals surface area (Å²) in [6.45, 7) is 6.07. The molecule has 5 aliphatic rings. The lowest BCUT2D eigenvalue weighted by Gasteiger charge is -2.39. The number of nitrogens with zero attached hydrogens (tertiary/aromatic N) is 7. The van der Waals surface area contributed by atoms with Gasteiger partial charge in [0.25, 0.3) is 17.7 Å². The zero-order valence-corrected chi connectivity index (χ0v) is 32.2. The second-order valence-corrected chi connectivity index (χ2v) is 15.9. The first-order valence-electron chi connectivity index (χ1n) is 19.7. The number of aromatic nitrogens is 2. The summed E-state index contributed by atoms with van der Waals surface area (Å²) in [4.78, 5) is 71.4. The molecule has 5 heterocycles. The Balaban J connectivity index is 0.753. The van der Waals surface area contributed by atoms with Crippen molar-refractivity contribution in [1.82, 2.24) is 30.6 Å². The monoisotopic (exact) mass is 793 g/mol. The number of rotatable bonds is 9. The largest absolute Gasteiger partial charge is 0.490 e. The maximum Gasteiger partial charge on any atom is 0.272 e. The zero-order chi connectivity index (χ0) is 39.6. The van der Waals surface area contributed by atoms with Crippen LogP contribution in [0.2, 0.25) is 5.02 Å². The number of nitrogens with one attached hydrogen (secondary N) is 2. The summed E-state index contributed by atoms with van der Waals surface area (Å²) in [6.07, 6.45) is 5.44. The summed E-state index contributed by atoms with van der Waals surface area (Å²) in [5.74, 6) is -0.262. The van der Waals surface area contributed by atoms with Crippen LogP contribution in [0.4, 0.5) is 11.5 Å². The molecule has 0 bridgehead atoms. The molecule has 3 saturated heterocycles. The summed E-state index contributed by atoms with van der Waals surface area (Å²) >= 11 is 6.14. The van der Waals surface area contributed by atoms with Crippen LogP contribution in [-0.2, 0) is 9.59 Å². The predicted molar refractivity (Wildman–Crippen MR) is 209 cm³/mol. The molecule has 0 radical (unpaired) electrons. The highest BCUT2D eigenvalue weighted by molar-refractivity contribution is 6.31. The topological polar surface area (TPSA) is 181 Å². The second-order valence-electron chi connectivity index (χ2n) is 15.5. The molecule has 4 aliphatic heterocycles. The Morgan fingerprint density at radius 1 is 0.842 bits per heavy atom. The molecule has 1 aliphatic carbocycles. The highest BCUT2D eigenvalue weighted by atomic mass is 35.5. The molecule has 0 spiro atoms. The van der Waals surface area contributed by atoms with Crippen LogP contribution in [-0.4, -0.2) is 114 Å². The number of piperidine rings is 2. The average molecular weight is 794 g/mol. The molecule has 15 nitrogen and oxygen atoms in total. The van der Waals surface area contributed by atoms with Gasteiger partial charge in [-0.3, -0.25) is 39.1 Å². The van der Waals surface area contributed by atoms with Gasteiger partial charge in [0.05, 0.1) is 27.8 Å². The van der Waals surface area contributed by atoms with Crippen LogP contribution in [0.3, 0.4) is 0 Å². The van der Waals surface area contributed by atoms with Crippen LogP contribution in [0.15, 0.2) is 48.5 Å². The summed E-state index contributed by atoms with van der Waals surface area (Å²) in [5.41, 5.74) is 2.17. The van der Waals surface area contributed by atoms with Crippen molar-refractivity contribution >= 4 is 52.6 Å². The molecule has 5 amide bonds. The molecular weight excluding hydrogens is 750 g/mol. The van der Waals surface area contributed by atoms with Crippen LogP contribution in [0.25, 0.3) is 0 Å². The van der Waals surface area contributed by atoms with Crippen molar-refractivity contribution in [3.63, 3.8) is 0 Å². The van der Waals surface area contributed by atoms with Gasteiger partial charge in [0, 0.05) is 70.0 Å². The van der Waals surface area contributed by atoms with Crippen LogP contribution in [0, 0.1) is 17.2 Å². The summed E-state index contributed by atoms with van der Waals surface area (Å²) in [5, 5.41) is 23.5. The van der Waals surface area contributed by atoms with Gasteiger partial charge in [-0.15, -0.1) is 10.2 Å².